The zero-order valence-corrected chi connectivity index (χ0v) is 20.5. The molecule has 0 saturated carbocycles. The number of hydrogen-bond acceptors (Lipinski definition) is 3. The van der Waals surface area contributed by atoms with E-state index in [-0.39, 0.29) is 30.8 Å². The highest BCUT2D eigenvalue weighted by Crippen LogP contribution is 2.37. The normalized spacial score (nSPS) is 13.3. The Labute approximate surface area is 208 Å². The van der Waals surface area contributed by atoms with E-state index in [9.17, 15) is 14.4 Å². The summed E-state index contributed by atoms with van der Waals surface area (Å²) in [5.41, 5.74) is 1.94. The van der Waals surface area contributed by atoms with Crippen molar-refractivity contribution >= 4 is 57.4 Å². The molecule has 176 valence electrons. The molecule has 1 aliphatic heterocycles. The quantitative estimate of drug-likeness (QED) is 0.473. The van der Waals surface area contributed by atoms with Gasteiger partial charge >= 0.3 is 0 Å². The number of carbonyl (C=O) groups is 3. The zero-order valence-electron chi connectivity index (χ0n) is 19.0. The van der Waals surface area contributed by atoms with Gasteiger partial charge < -0.3 is 10.2 Å². The lowest BCUT2D eigenvalue weighted by Gasteiger charge is -2.32. The number of benzene rings is 3. The first kappa shape index (κ1) is 24.0. The lowest BCUT2D eigenvalue weighted by molar-refractivity contribution is -0.140. The zero-order chi connectivity index (χ0) is 24.4. The molecule has 1 heterocycles. The van der Waals surface area contributed by atoms with E-state index in [2.05, 4.69) is 5.32 Å². The Kier molecular flexibility index (Phi) is 7.10. The van der Waals surface area contributed by atoms with Crippen LogP contribution in [0.25, 0.3) is 10.8 Å². The molecule has 1 unspecified atom stereocenters. The van der Waals surface area contributed by atoms with Crippen LogP contribution in [-0.4, -0.2) is 41.8 Å². The number of nitrogens with one attached hydrogen (secondary N) is 1. The minimum Gasteiger partial charge on any atom is -0.355 e. The van der Waals surface area contributed by atoms with Gasteiger partial charge in [-0.05, 0) is 48.6 Å². The van der Waals surface area contributed by atoms with Gasteiger partial charge in [0.2, 0.25) is 11.8 Å². The van der Waals surface area contributed by atoms with Crippen molar-refractivity contribution in [2.24, 2.45) is 0 Å². The molecule has 1 N–H and O–H groups in total. The Morgan fingerprint density at radius 3 is 2.47 bits per heavy atom. The van der Waals surface area contributed by atoms with Crippen LogP contribution < -0.4 is 10.2 Å². The van der Waals surface area contributed by atoms with Gasteiger partial charge in [0.1, 0.15) is 12.6 Å². The molecule has 0 fully saturated rings. The average Bonchev–Trinajstić information content (AvgIpc) is 3.08. The van der Waals surface area contributed by atoms with Crippen LogP contribution in [0.1, 0.15) is 36.2 Å². The lowest BCUT2D eigenvalue weighted by atomic mass is 10.1. The molecule has 4 rings (SSSR count). The molecule has 0 aliphatic carbocycles. The lowest BCUT2D eigenvalue weighted by Crippen LogP contribution is -2.52. The first-order chi connectivity index (χ1) is 16.3. The molecule has 6 nitrogen and oxygen atoms in total. The number of amides is 3. The van der Waals surface area contributed by atoms with Crippen molar-refractivity contribution in [2.75, 3.05) is 18.0 Å². The number of nitrogens with zero attached hydrogens (tertiary/aromatic N) is 2. The van der Waals surface area contributed by atoms with Gasteiger partial charge in [-0.15, -0.1) is 0 Å². The third-order valence-electron chi connectivity index (χ3n) is 6.04. The Bertz CT molecular complexity index is 1270. The predicted molar refractivity (Wildman–Crippen MR) is 135 cm³/mol. The van der Waals surface area contributed by atoms with E-state index in [1.807, 2.05) is 44.2 Å². The topological polar surface area (TPSA) is 69.7 Å². The monoisotopic (exact) mass is 497 g/mol. The summed E-state index contributed by atoms with van der Waals surface area (Å²) in [6.07, 6.45) is 0.409. The largest absolute Gasteiger partial charge is 0.355 e. The van der Waals surface area contributed by atoms with Gasteiger partial charge in [0.15, 0.2) is 0 Å². The maximum atomic E-state index is 13.7. The van der Waals surface area contributed by atoms with Crippen LogP contribution in [0.2, 0.25) is 10.0 Å². The highest BCUT2D eigenvalue weighted by molar-refractivity contribution is 6.35. The molecule has 0 radical (unpaired) electrons. The fraction of sp³-hybridized carbons (Fsp3) is 0.269. The predicted octanol–water partition coefficient (Wildman–Crippen LogP) is 5.05. The molecule has 3 aromatic carbocycles. The summed E-state index contributed by atoms with van der Waals surface area (Å²) in [5.74, 6) is -0.820. The van der Waals surface area contributed by atoms with E-state index >= 15 is 0 Å². The molecule has 0 bridgehead atoms. The third-order valence-corrected chi connectivity index (χ3v) is 6.62. The van der Waals surface area contributed by atoms with Gasteiger partial charge in [0.05, 0.1) is 5.69 Å². The van der Waals surface area contributed by atoms with Crippen molar-refractivity contribution in [1.82, 2.24) is 10.2 Å². The smallest absolute Gasteiger partial charge is 0.259 e. The van der Waals surface area contributed by atoms with E-state index in [1.54, 1.807) is 24.3 Å². The number of likely N-dealkylation sites (N-methyl/N-ethyl adjacent to an activating group) is 1. The molecule has 34 heavy (non-hydrogen) atoms. The van der Waals surface area contributed by atoms with E-state index in [1.165, 1.54) is 9.80 Å². The molecular formula is C26H25Cl2N3O3. The van der Waals surface area contributed by atoms with Crippen molar-refractivity contribution in [3.05, 3.63) is 75.8 Å². The van der Waals surface area contributed by atoms with Gasteiger partial charge in [-0.1, -0.05) is 60.5 Å². The molecule has 1 atom stereocenters. The maximum absolute atomic E-state index is 13.7. The summed E-state index contributed by atoms with van der Waals surface area (Å²) < 4.78 is 0. The maximum Gasteiger partial charge on any atom is 0.259 e. The van der Waals surface area contributed by atoms with Crippen molar-refractivity contribution in [2.45, 2.75) is 32.9 Å². The molecule has 0 aromatic heterocycles. The molecule has 8 heteroatoms. The van der Waals surface area contributed by atoms with Crippen LogP contribution in [0.5, 0.6) is 0 Å². The molecule has 3 aromatic rings. The van der Waals surface area contributed by atoms with Crippen LogP contribution in [0.4, 0.5) is 5.69 Å². The second-order valence-corrected chi connectivity index (χ2v) is 8.99. The van der Waals surface area contributed by atoms with Crippen LogP contribution in [0.15, 0.2) is 54.6 Å². The summed E-state index contributed by atoms with van der Waals surface area (Å²) >= 11 is 12.4. The van der Waals surface area contributed by atoms with Crippen molar-refractivity contribution in [3.8, 4) is 0 Å². The van der Waals surface area contributed by atoms with E-state index < -0.39 is 6.04 Å². The third kappa shape index (κ3) is 4.48. The first-order valence-corrected chi connectivity index (χ1v) is 12.0. The number of carbonyl (C=O) groups excluding carboxylic acids is 3. The van der Waals surface area contributed by atoms with Crippen molar-refractivity contribution < 1.29 is 14.4 Å². The van der Waals surface area contributed by atoms with Gasteiger partial charge in [-0.25, -0.2) is 0 Å². The Morgan fingerprint density at radius 2 is 1.79 bits per heavy atom. The summed E-state index contributed by atoms with van der Waals surface area (Å²) in [7, 11) is 0. The molecule has 1 aliphatic rings. The summed E-state index contributed by atoms with van der Waals surface area (Å²) in [4.78, 5) is 42.7. The van der Waals surface area contributed by atoms with E-state index in [0.717, 1.165) is 10.8 Å². The van der Waals surface area contributed by atoms with Crippen LogP contribution in [-0.2, 0) is 16.1 Å². The SMILES string of the molecule is CCNC(=O)C(CC)N(Cc1ccc(Cl)cc1Cl)C(=O)CN1C(=O)c2cccc3cccc1c23. The van der Waals surface area contributed by atoms with Crippen molar-refractivity contribution in [1.29, 1.82) is 0 Å². The number of hydrogen-bond donors (Lipinski definition) is 1. The number of halogens is 2. The van der Waals surface area contributed by atoms with Crippen LogP contribution in [0, 0.1) is 0 Å². The number of anilines is 1. The second kappa shape index (κ2) is 10.0. The molecule has 0 spiro atoms. The van der Waals surface area contributed by atoms with Gasteiger partial charge in [0, 0.05) is 34.1 Å². The fourth-order valence-electron chi connectivity index (χ4n) is 4.41. The second-order valence-electron chi connectivity index (χ2n) is 8.15. The first-order valence-electron chi connectivity index (χ1n) is 11.2. The molecular weight excluding hydrogens is 473 g/mol. The summed E-state index contributed by atoms with van der Waals surface area (Å²) in [6.45, 7) is 4.05. The average molecular weight is 498 g/mol. The number of rotatable bonds is 8. The van der Waals surface area contributed by atoms with Gasteiger partial charge in [-0.3, -0.25) is 19.3 Å². The van der Waals surface area contributed by atoms with Crippen LogP contribution >= 0.6 is 23.2 Å². The Hall–Kier alpha value is -3.09. The molecule has 0 saturated heterocycles. The van der Waals surface area contributed by atoms with E-state index in [4.69, 9.17) is 23.2 Å². The van der Waals surface area contributed by atoms with Crippen LogP contribution in [0.3, 0.4) is 0 Å². The minimum atomic E-state index is -0.713. The van der Waals surface area contributed by atoms with Gasteiger partial charge in [-0.2, -0.15) is 0 Å². The summed E-state index contributed by atoms with van der Waals surface area (Å²) in [6, 6.07) is 15.5. The van der Waals surface area contributed by atoms with Crippen molar-refractivity contribution in [3.63, 3.8) is 0 Å². The van der Waals surface area contributed by atoms with E-state index in [0.29, 0.717) is 39.8 Å². The highest BCUT2D eigenvalue weighted by Gasteiger charge is 2.35. The summed E-state index contributed by atoms with van der Waals surface area (Å²) in [5, 5.41) is 5.48. The Morgan fingerprint density at radius 1 is 1.06 bits per heavy atom. The standard InChI is InChI=1S/C26H25Cl2N3O3/c1-3-21(25(33)29-4-2)30(14-17-11-12-18(27)13-20(17)28)23(32)15-31-22-10-6-8-16-7-5-9-19(24(16)22)26(31)34/h5-13,21H,3-4,14-15H2,1-2H3,(H,29,33). The highest BCUT2D eigenvalue weighted by atomic mass is 35.5. The Balaban J connectivity index is 1.67. The van der Waals surface area contributed by atoms with Gasteiger partial charge in [0.25, 0.3) is 5.91 Å². The fourth-order valence-corrected chi connectivity index (χ4v) is 4.88. The molecule has 3 amide bonds. The minimum absolute atomic E-state index is 0.115.